The van der Waals surface area contributed by atoms with Gasteiger partial charge in [-0.05, 0) is 46.1 Å². The van der Waals surface area contributed by atoms with Crippen LogP contribution < -0.4 is 0 Å². The molecule has 6 heteroatoms. The van der Waals surface area contributed by atoms with Crippen LogP contribution >= 0.6 is 27.3 Å². The normalized spacial score (nSPS) is 19.2. The molecule has 98 valence electrons. The lowest BCUT2D eigenvalue weighted by atomic mass is 10.0. The third-order valence-corrected chi connectivity index (χ3v) is 4.98. The molecule has 1 aromatic rings. The van der Waals surface area contributed by atoms with Crippen molar-refractivity contribution in [3.8, 4) is 0 Å². The molecule has 1 atom stereocenters. The van der Waals surface area contributed by atoms with Gasteiger partial charge in [-0.15, -0.1) is 11.3 Å². The number of likely N-dealkylation sites (tertiary alicyclic amines) is 1. The smallest absolute Gasteiger partial charge is 0.303 e. The lowest BCUT2D eigenvalue weighted by Crippen LogP contribution is -2.28. The zero-order chi connectivity index (χ0) is 13.1. The minimum atomic E-state index is -0.763. The van der Waals surface area contributed by atoms with Crippen molar-refractivity contribution < 1.29 is 14.7 Å². The fourth-order valence-electron chi connectivity index (χ4n) is 2.17. The number of hydrogen-bond donors (Lipinski definition) is 1. The molecule has 1 amide bonds. The average Bonchev–Trinajstić information content (AvgIpc) is 2.94. The lowest BCUT2D eigenvalue weighted by molar-refractivity contribution is -0.137. The maximum absolute atomic E-state index is 12.2. The summed E-state index contributed by atoms with van der Waals surface area (Å²) in [4.78, 5) is 25.3. The van der Waals surface area contributed by atoms with Crippen molar-refractivity contribution in [1.29, 1.82) is 0 Å². The number of carbonyl (C=O) groups excluding carboxylic acids is 1. The van der Waals surface area contributed by atoms with Crippen LogP contribution in [-0.4, -0.2) is 35.0 Å². The number of aliphatic carboxylic acids is 1. The van der Waals surface area contributed by atoms with Crippen LogP contribution in [0.1, 0.15) is 28.9 Å². The zero-order valence-electron chi connectivity index (χ0n) is 9.76. The summed E-state index contributed by atoms with van der Waals surface area (Å²) in [5, 5.41) is 10.5. The Hall–Kier alpha value is -0.880. The van der Waals surface area contributed by atoms with Crippen molar-refractivity contribution in [2.24, 2.45) is 5.92 Å². The maximum atomic E-state index is 12.2. The largest absolute Gasteiger partial charge is 0.481 e. The summed E-state index contributed by atoms with van der Waals surface area (Å²) in [6, 6.07) is 1.87. The van der Waals surface area contributed by atoms with Gasteiger partial charge < -0.3 is 10.0 Å². The van der Waals surface area contributed by atoms with E-state index in [0.29, 0.717) is 18.9 Å². The standard InChI is InChI=1S/C12H14BrNO3S/c13-9-4-6-18-11(9)12(17)14-5-3-8(7-14)1-2-10(15)16/h4,6,8H,1-3,5,7H2,(H,15,16). The molecule has 1 aromatic heterocycles. The molecular formula is C12H14BrNO3S. The van der Waals surface area contributed by atoms with E-state index in [1.165, 1.54) is 11.3 Å². The third kappa shape index (κ3) is 3.11. The fourth-order valence-corrected chi connectivity index (χ4v) is 3.68. The Kier molecular flexibility index (Phi) is 4.40. The molecule has 18 heavy (non-hydrogen) atoms. The topological polar surface area (TPSA) is 57.6 Å². The average molecular weight is 332 g/mol. The number of carboxylic acids is 1. The molecule has 1 unspecified atom stereocenters. The summed E-state index contributed by atoms with van der Waals surface area (Å²) in [6.07, 6.45) is 1.75. The summed E-state index contributed by atoms with van der Waals surface area (Å²) in [5.74, 6) is -0.390. The Labute approximate surface area is 118 Å². The highest BCUT2D eigenvalue weighted by atomic mass is 79.9. The summed E-state index contributed by atoms with van der Waals surface area (Å²) >= 11 is 4.80. The summed E-state index contributed by atoms with van der Waals surface area (Å²) < 4.78 is 0.839. The quantitative estimate of drug-likeness (QED) is 0.922. The van der Waals surface area contributed by atoms with Crippen molar-refractivity contribution in [2.45, 2.75) is 19.3 Å². The Balaban J connectivity index is 1.91. The molecular weight excluding hydrogens is 318 g/mol. The van der Waals surface area contributed by atoms with E-state index in [1.54, 1.807) is 0 Å². The van der Waals surface area contributed by atoms with E-state index in [4.69, 9.17) is 5.11 Å². The van der Waals surface area contributed by atoms with Crippen molar-refractivity contribution in [3.63, 3.8) is 0 Å². The maximum Gasteiger partial charge on any atom is 0.303 e. The van der Waals surface area contributed by atoms with Gasteiger partial charge in [-0.25, -0.2) is 0 Å². The number of amides is 1. The van der Waals surface area contributed by atoms with Gasteiger partial charge in [-0.2, -0.15) is 0 Å². The van der Waals surface area contributed by atoms with Crippen LogP contribution in [0.3, 0.4) is 0 Å². The predicted molar refractivity (Wildman–Crippen MR) is 72.9 cm³/mol. The van der Waals surface area contributed by atoms with E-state index < -0.39 is 5.97 Å². The first-order chi connectivity index (χ1) is 8.58. The second-order valence-electron chi connectivity index (χ2n) is 4.44. The molecule has 1 fully saturated rings. The van der Waals surface area contributed by atoms with Crippen LogP contribution in [-0.2, 0) is 4.79 Å². The molecule has 0 spiro atoms. The molecule has 1 N–H and O–H groups in total. The second kappa shape index (κ2) is 5.84. The highest BCUT2D eigenvalue weighted by Crippen LogP contribution is 2.28. The number of thiophene rings is 1. The van der Waals surface area contributed by atoms with Crippen LogP contribution in [0.4, 0.5) is 0 Å². The number of carbonyl (C=O) groups is 2. The number of rotatable bonds is 4. The Bertz CT molecular complexity index is 460. The molecule has 2 rings (SSSR count). The molecule has 0 aromatic carbocycles. The molecule has 1 saturated heterocycles. The van der Waals surface area contributed by atoms with Crippen molar-refractivity contribution in [3.05, 3.63) is 20.8 Å². The summed E-state index contributed by atoms with van der Waals surface area (Å²) in [7, 11) is 0. The number of halogens is 1. The molecule has 2 heterocycles. The van der Waals surface area contributed by atoms with Gasteiger partial charge in [0.15, 0.2) is 0 Å². The highest BCUT2D eigenvalue weighted by Gasteiger charge is 2.28. The van der Waals surface area contributed by atoms with Crippen LogP contribution in [0.15, 0.2) is 15.9 Å². The summed E-state index contributed by atoms with van der Waals surface area (Å²) in [5.41, 5.74) is 0. The van der Waals surface area contributed by atoms with Gasteiger partial charge in [0, 0.05) is 24.0 Å². The second-order valence-corrected chi connectivity index (χ2v) is 6.21. The Morgan fingerprint density at radius 3 is 2.94 bits per heavy atom. The zero-order valence-corrected chi connectivity index (χ0v) is 12.2. The first-order valence-electron chi connectivity index (χ1n) is 5.82. The van der Waals surface area contributed by atoms with Crippen molar-refractivity contribution >= 4 is 39.1 Å². The molecule has 1 aliphatic rings. The number of nitrogens with zero attached hydrogens (tertiary/aromatic N) is 1. The van der Waals surface area contributed by atoms with Crippen molar-refractivity contribution in [1.82, 2.24) is 4.90 Å². The molecule has 0 radical (unpaired) electrons. The molecule has 1 aliphatic heterocycles. The van der Waals surface area contributed by atoms with Gasteiger partial charge in [0.2, 0.25) is 0 Å². The van der Waals surface area contributed by atoms with Gasteiger partial charge in [0.1, 0.15) is 4.88 Å². The fraction of sp³-hybridized carbons (Fsp3) is 0.500. The first-order valence-corrected chi connectivity index (χ1v) is 7.49. The predicted octanol–water partition coefficient (Wildman–Crippen LogP) is 2.84. The third-order valence-electron chi connectivity index (χ3n) is 3.15. The molecule has 0 saturated carbocycles. The lowest BCUT2D eigenvalue weighted by Gasteiger charge is -2.15. The monoisotopic (exact) mass is 331 g/mol. The van der Waals surface area contributed by atoms with E-state index >= 15 is 0 Å². The van der Waals surface area contributed by atoms with Crippen LogP contribution in [0.5, 0.6) is 0 Å². The van der Waals surface area contributed by atoms with Crippen LogP contribution in [0.2, 0.25) is 0 Å². The number of carboxylic acid groups (broad SMARTS) is 1. The van der Waals surface area contributed by atoms with Gasteiger partial charge in [-0.1, -0.05) is 0 Å². The molecule has 4 nitrogen and oxygen atoms in total. The molecule has 0 aliphatic carbocycles. The van der Waals surface area contributed by atoms with Crippen molar-refractivity contribution in [2.75, 3.05) is 13.1 Å². The minimum absolute atomic E-state index is 0.0506. The van der Waals surface area contributed by atoms with Crippen LogP contribution in [0.25, 0.3) is 0 Å². The molecule has 0 bridgehead atoms. The Morgan fingerprint density at radius 1 is 1.56 bits per heavy atom. The highest BCUT2D eigenvalue weighted by molar-refractivity contribution is 9.10. The van der Waals surface area contributed by atoms with Gasteiger partial charge in [0.05, 0.1) is 0 Å². The van der Waals surface area contributed by atoms with E-state index in [1.807, 2.05) is 16.3 Å². The summed E-state index contributed by atoms with van der Waals surface area (Å²) in [6.45, 7) is 1.41. The Morgan fingerprint density at radius 2 is 2.33 bits per heavy atom. The SMILES string of the molecule is O=C(O)CCC1CCN(C(=O)c2sccc2Br)C1. The number of hydrogen-bond acceptors (Lipinski definition) is 3. The van der Waals surface area contributed by atoms with E-state index in [-0.39, 0.29) is 12.3 Å². The van der Waals surface area contributed by atoms with Gasteiger partial charge in [-0.3, -0.25) is 9.59 Å². The van der Waals surface area contributed by atoms with Crippen LogP contribution in [0, 0.1) is 5.92 Å². The van der Waals surface area contributed by atoms with Gasteiger partial charge >= 0.3 is 5.97 Å². The van der Waals surface area contributed by atoms with E-state index in [9.17, 15) is 9.59 Å². The van der Waals surface area contributed by atoms with Gasteiger partial charge in [0.25, 0.3) is 5.91 Å². The van der Waals surface area contributed by atoms with E-state index in [2.05, 4.69) is 15.9 Å². The minimum Gasteiger partial charge on any atom is -0.481 e. The first kappa shape index (κ1) is 13.5. The van der Waals surface area contributed by atoms with E-state index in [0.717, 1.165) is 22.3 Å².